The van der Waals surface area contributed by atoms with Crippen molar-refractivity contribution in [1.82, 2.24) is 14.9 Å². The summed E-state index contributed by atoms with van der Waals surface area (Å²) in [4.78, 5) is 23.1. The molecule has 1 aliphatic rings. The Morgan fingerprint density at radius 2 is 1.93 bits per heavy atom. The fourth-order valence-corrected chi connectivity index (χ4v) is 3.15. The van der Waals surface area contributed by atoms with Crippen LogP contribution < -0.4 is 4.90 Å². The van der Waals surface area contributed by atoms with Gasteiger partial charge in [0.05, 0.1) is 11.6 Å². The lowest BCUT2D eigenvalue weighted by molar-refractivity contribution is -0.137. The van der Waals surface area contributed by atoms with Crippen LogP contribution in [-0.2, 0) is 6.18 Å². The summed E-state index contributed by atoms with van der Waals surface area (Å²) < 4.78 is 38.6. The molecule has 0 radical (unpaired) electrons. The van der Waals surface area contributed by atoms with Gasteiger partial charge in [0.1, 0.15) is 0 Å². The molecule has 1 fully saturated rings. The fourth-order valence-electron chi connectivity index (χ4n) is 3.15. The van der Waals surface area contributed by atoms with Crippen molar-refractivity contribution in [3.05, 3.63) is 42.2 Å². The minimum absolute atomic E-state index is 0.150. The predicted octanol–water partition coefficient (Wildman–Crippen LogP) is 3.74. The number of rotatable bonds is 3. The second kappa shape index (κ2) is 7.42. The number of amides is 1. The number of carboxylic acid groups (broad SMARTS) is 1. The molecule has 1 aromatic heterocycles. The minimum atomic E-state index is -4.41. The normalized spacial score (nSPS) is 17.9. The first kappa shape index (κ1) is 18.9. The van der Waals surface area contributed by atoms with E-state index in [0.29, 0.717) is 43.1 Å². The Morgan fingerprint density at radius 1 is 1.22 bits per heavy atom. The molecule has 27 heavy (non-hydrogen) atoms. The fraction of sp³-hybridized carbons (Fsp3) is 0.389. The molecule has 0 saturated carbocycles. The van der Waals surface area contributed by atoms with Gasteiger partial charge in [-0.1, -0.05) is 19.1 Å². The molecule has 6 nitrogen and oxygen atoms in total. The topological polar surface area (TPSA) is 69.6 Å². The smallest absolute Gasteiger partial charge is 0.416 e. The van der Waals surface area contributed by atoms with E-state index in [1.807, 2.05) is 11.8 Å². The van der Waals surface area contributed by atoms with E-state index in [1.54, 1.807) is 6.07 Å². The molecule has 0 bridgehead atoms. The van der Waals surface area contributed by atoms with Crippen molar-refractivity contribution in [3.63, 3.8) is 0 Å². The number of piperazine rings is 1. The first-order valence-electron chi connectivity index (χ1n) is 8.53. The Labute approximate surface area is 154 Å². The molecular formula is C18H19F3N4O2. The van der Waals surface area contributed by atoms with Gasteiger partial charge in [0, 0.05) is 37.6 Å². The summed E-state index contributed by atoms with van der Waals surface area (Å²) in [7, 11) is 0. The molecule has 1 atom stereocenters. The maximum absolute atomic E-state index is 12.9. The number of benzene rings is 1. The number of nitrogens with zero attached hydrogens (tertiary/aromatic N) is 4. The molecule has 1 saturated heterocycles. The number of carbonyl (C=O) groups is 1. The third-order valence-corrected chi connectivity index (χ3v) is 4.64. The molecule has 1 aromatic carbocycles. The van der Waals surface area contributed by atoms with E-state index in [1.165, 1.54) is 23.4 Å². The Morgan fingerprint density at radius 3 is 2.52 bits per heavy atom. The number of alkyl halides is 3. The Balaban J connectivity index is 1.77. The van der Waals surface area contributed by atoms with Gasteiger partial charge in [0.15, 0.2) is 0 Å². The monoisotopic (exact) mass is 380 g/mol. The summed E-state index contributed by atoms with van der Waals surface area (Å²) >= 11 is 0. The first-order chi connectivity index (χ1) is 12.8. The van der Waals surface area contributed by atoms with Crippen molar-refractivity contribution < 1.29 is 23.1 Å². The van der Waals surface area contributed by atoms with Crippen molar-refractivity contribution in [3.8, 4) is 11.1 Å². The van der Waals surface area contributed by atoms with Crippen LogP contribution in [0.5, 0.6) is 0 Å². The molecule has 1 unspecified atom stereocenters. The number of aromatic nitrogens is 2. The summed E-state index contributed by atoms with van der Waals surface area (Å²) in [6.07, 6.45) is -1.70. The Hall–Kier alpha value is -2.84. The lowest BCUT2D eigenvalue weighted by atomic mass is 10.1. The molecule has 1 amide bonds. The lowest BCUT2D eigenvalue weighted by Gasteiger charge is -2.39. The number of hydrogen-bond donors (Lipinski definition) is 1. The molecule has 9 heteroatoms. The van der Waals surface area contributed by atoms with Crippen LogP contribution in [0.25, 0.3) is 11.1 Å². The summed E-state index contributed by atoms with van der Waals surface area (Å²) in [6, 6.07) is 4.86. The zero-order valence-electron chi connectivity index (χ0n) is 14.6. The van der Waals surface area contributed by atoms with Crippen LogP contribution in [0, 0.1) is 0 Å². The summed E-state index contributed by atoms with van der Waals surface area (Å²) in [5.41, 5.74) is 0.152. The molecule has 0 aliphatic carbocycles. The standard InChI is InChI=1S/C18H19F3N4O2/c1-2-15-11-24(6-7-25(15)17(26)27)16-22-9-13(10-23-16)12-4-3-5-14(8-12)18(19,20)21/h3-5,8-10,15H,2,6-7,11H2,1H3,(H,26,27). The first-order valence-corrected chi connectivity index (χ1v) is 8.53. The van der Waals surface area contributed by atoms with Crippen LogP contribution in [0.15, 0.2) is 36.7 Å². The quantitative estimate of drug-likeness (QED) is 0.879. The van der Waals surface area contributed by atoms with Crippen LogP contribution in [0.4, 0.5) is 23.9 Å². The molecule has 0 spiro atoms. The van der Waals surface area contributed by atoms with Crippen LogP contribution in [0.2, 0.25) is 0 Å². The highest BCUT2D eigenvalue weighted by Gasteiger charge is 2.31. The summed E-state index contributed by atoms with van der Waals surface area (Å²) in [5, 5.41) is 9.23. The van der Waals surface area contributed by atoms with Crippen molar-refractivity contribution >= 4 is 12.0 Å². The van der Waals surface area contributed by atoms with Crippen LogP contribution in [0.3, 0.4) is 0 Å². The van der Waals surface area contributed by atoms with Gasteiger partial charge < -0.3 is 14.9 Å². The second-order valence-electron chi connectivity index (χ2n) is 6.33. The third kappa shape index (κ3) is 4.12. The van der Waals surface area contributed by atoms with Gasteiger partial charge in [-0.25, -0.2) is 14.8 Å². The van der Waals surface area contributed by atoms with Crippen LogP contribution in [0.1, 0.15) is 18.9 Å². The van der Waals surface area contributed by atoms with Crippen LogP contribution in [-0.4, -0.2) is 51.7 Å². The van der Waals surface area contributed by atoms with E-state index < -0.39 is 17.8 Å². The van der Waals surface area contributed by atoms with Gasteiger partial charge in [0.2, 0.25) is 5.95 Å². The lowest BCUT2D eigenvalue weighted by Crippen LogP contribution is -2.55. The maximum Gasteiger partial charge on any atom is 0.416 e. The molecular weight excluding hydrogens is 361 g/mol. The molecule has 2 heterocycles. The molecule has 1 aliphatic heterocycles. The molecule has 2 aromatic rings. The molecule has 3 rings (SSSR count). The van der Waals surface area contributed by atoms with E-state index in [0.717, 1.165) is 12.1 Å². The zero-order valence-corrected chi connectivity index (χ0v) is 14.6. The van der Waals surface area contributed by atoms with Gasteiger partial charge in [0.25, 0.3) is 0 Å². The maximum atomic E-state index is 12.9. The zero-order chi connectivity index (χ0) is 19.6. The Kier molecular flexibility index (Phi) is 5.20. The highest BCUT2D eigenvalue weighted by molar-refractivity contribution is 5.66. The number of halogens is 3. The third-order valence-electron chi connectivity index (χ3n) is 4.64. The number of hydrogen-bond acceptors (Lipinski definition) is 4. The van der Waals surface area contributed by atoms with E-state index in [-0.39, 0.29) is 6.04 Å². The highest BCUT2D eigenvalue weighted by atomic mass is 19.4. The van der Waals surface area contributed by atoms with Crippen molar-refractivity contribution in [1.29, 1.82) is 0 Å². The van der Waals surface area contributed by atoms with Gasteiger partial charge in [-0.3, -0.25) is 0 Å². The largest absolute Gasteiger partial charge is 0.465 e. The van der Waals surface area contributed by atoms with Crippen molar-refractivity contribution in [2.75, 3.05) is 24.5 Å². The number of anilines is 1. The minimum Gasteiger partial charge on any atom is -0.465 e. The second-order valence-corrected chi connectivity index (χ2v) is 6.33. The summed E-state index contributed by atoms with van der Waals surface area (Å²) in [5.74, 6) is 0.439. The summed E-state index contributed by atoms with van der Waals surface area (Å²) in [6.45, 7) is 3.21. The molecule has 1 N–H and O–H groups in total. The SMILES string of the molecule is CCC1CN(c2ncc(-c3cccc(C(F)(F)F)c3)cn2)CCN1C(=O)O. The van der Waals surface area contributed by atoms with E-state index in [9.17, 15) is 23.1 Å². The average molecular weight is 380 g/mol. The van der Waals surface area contributed by atoms with Gasteiger partial charge in [-0.15, -0.1) is 0 Å². The van der Waals surface area contributed by atoms with E-state index in [2.05, 4.69) is 9.97 Å². The predicted molar refractivity (Wildman–Crippen MR) is 93.5 cm³/mol. The Bertz CT molecular complexity index is 811. The van der Waals surface area contributed by atoms with Gasteiger partial charge in [-0.2, -0.15) is 13.2 Å². The van der Waals surface area contributed by atoms with E-state index >= 15 is 0 Å². The average Bonchev–Trinajstić information content (AvgIpc) is 2.67. The van der Waals surface area contributed by atoms with Gasteiger partial charge in [-0.05, 0) is 24.1 Å². The van der Waals surface area contributed by atoms with E-state index in [4.69, 9.17) is 0 Å². The van der Waals surface area contributed by atoms with Crippen molar-refractivity contribution in [2.45, 2.75) is 25.6 Å². The highest BCUT2D eigenvalue weighted by Crippen LogP contribution is 2.32. The molecule has 144 valence electrons. The van der Waals surface area contributed by atoms with Crippen LogP contribution >= 0.6 is 0 Å². The van der Waals surface area contributed by atoms with Gasteiger partial charge >= 0.3 is 12.3 Å². The van der Waals surface area contributed by atoms with Crippen molar-refractivity contribution in [2.24, 2.45) is 0 Å².